The zero-order chi connectivity index (χ0) is 14.1. The van der Waals surface area contributed by atoms with Gasteiger partial charge < -0.3 is 9.47 Å². The molecule has 0 spiro atoms. The third-order valence-electron chi connectivity index (χ3n) is 3.52. The number of hydrogen-bond acceptors (Lipinski definition) is 4. The van der Waals surface area contributed by atoms with E-state index in [-0.39, 0.29) is 23.8 Å². The standard InChI is InChI=1S/C15H26O4/c1-3-10-18-14(16)12-8-6-5-7-9-13(12)15(17)19-11-4-2/h12-13H,3-11H2,1-2H3. The maximum Gasteiger partial charge on any atom is 0.309 e. The first-order chi connectivity index (χ1) is 9.20. The maximum absolute atomic E-state index is 12.1. The van der Waals surface area contributed by atoms with Crippen LogP contribution in [0, 0.1) is 11.8 Å². The molecule has 1 fully saturated rings. The fourth-order valence-corrected chi connectivity index (χ4v) is 2.49. The molecule has 110 valence electrons. The highest BCUT2D eigenvalue weighted by Crippen LogP contribution is 2.31. The highest BCUT2D eigenvalue weighted by atomic mass is 16.5. The molecule has 0 aromatic carbocycles. The molecule has 4 heteroatoms. The van der Waals surface area contributed by atoms with Crippen LogP contribution in [0.4, 0.5) is 0 Å². The van der Waals surface area contributed by atoms with Crippen LogP contribution in [0.2, 0.25) is 0 Å². The van der Waals surface area contributed by atoms with Crippen molar-refractivity contribution in [3.05, 3.63) is 0 Å². The van der Waals surface area contributed by atoms with Crippen molar-refractivity contribution in [2.75, 3.05) is 13.2 Å². The summed E-state index contributed by atoms with van der Waals surface area (Å²) in [7, 11) is 0. The molecule has 1 aliphatic rings. The second kappa shape index (κ2) is 8.94. The van der Waals surface area contributed by atoms with Gasteiger partial charge in [-0.3, -0.25) is 9.59 Å². The Balaban J connectivity index is 2.64. The molecule has 1 aliphatic carbocycles. The minimum atomic E-state index is -0.307. The second-order valence-corrected chi connectivity index (χ2v) is 5.19. The van der Waals surface area contributed by atoms with Crippen LogP contribution in [-0.2, 0) is 19.1 Å². The zero-order valence-corrected chi connectivity index (χ0v) is 12.2. The molecule has 1 saturated carbocycles. The van der Waals surface area contributed by atoms with Gasteiger partial charge in [0.15, 0.2) is 0 Å². The number of hydrogen-bond donors (Lipinski definition) is 0. The quantitative estimate of drug-likeness (QED) is 0.550. The van der Waals surface area contributed by atoms with Gasteiger partial charge in [-0.2, -0.15) is 0 Å². The summed E-state index contributed by atoms with van der Waals surface area (Å²) < 4.78 is 10.4. The SMILES string of the molecule is CCCOC(=O)C1CCCCCC1C(=O)OCCC. The van der Waals surface area contributed by atoms with Crippen molar-refractivity contribution >= 4 is 11.9 Å². The fourth-order valence-electron chi connectivity index (χ4n) is 2.49. The van der Waals surface area contributed by atoms with Gasteiger partial charge in [0.2, 0.25) is 0 Å². The Bertz CT molecular complexity index is 260. The van der Waals surface area contributed by atoms with Crippen LogP contribution < -0.4 is 0 Å². The van der Waals surface area contributed by atoms with Crippen LogP contribution in [-0.4, -0.2) is 25.2 Å². The summed E-state index contributed by atoms with van der Waals surface area (Å²) in [6, 6.07) is 0. The number of carbonyl (C=O) groups excluding carboxylic acids is 2. The summed E-state index contributed by atoms with van der Waals surface area (Å²) in [5, 5.41) is 0. The van der Waals surface area contributed by atoms with Gasteiger partial charge in [0, 0.05) is 0 Å². The molecule has 0 bridgehead atoms. The van der Waals surface area contributed by atoms with Crippen molar-refractivity contribution in [2.24, 2.45) is 11.8 Å². The molecule has 0 saturated heterocycles. The average Bonchev–Trinajstić information content (AvgIpc) is 2.67. The van der Waals surface area contributed by atoms with E-state index in [9.17, 15) is 9.59 Å². The lowest BCUT2D eigenvalue weighted by atomic mass is 9.88. The van der Waals surface area contributed by atoms with E-state index in [0.29, 0.717) is 13.2 Å². The van der Waals surface area contributed by atoms with Gasteiger partial charge >= 0.3 is 11.9 Å². The van der Waals surface area contributed by atoms with Crippen LogP contribution in [0.5, 0.6) is 0 Å². The highest BCUT2D eigenvalue weighted by Gasteiger charge is 2.36. The van der Waals surface area contributed by atoms with Gasteiger partial charge in [-0.1, -0.05) is 33.1 Å². The first-order valence-corrected chi connectivity index (χ1v) is 7.54. The molecule has 0 aromatic rings. The molecule has 0 heterocycles. The highest BCUT2D eigenvalue weighted by molar-refractivity contribution is 5.82. The Hall–Kier alpha value is -1.06. The van der Waals surface area contributed by atoms with Crippen molar-refractivity contribution in [3.8, 4) is 0 Å². The normalized spacial score (nSPS) is 23.5. The third kappa shape index (κ3) is 5.21. The molecule has 0 amide bonds. The van der Waals surface area contributed by atoms with Crippen LogP contribution in [0.3, 0.4) is 0 Å². The Morgan fingerprint density at radius 2 is 1.26 bits per heavy atom. The average molecular weight is 270 g/mol. The van der Waals surface area contributed by atoms with E-state index >= 15 is 0 Å². The largest absolute Gasteiger partial charge is 0.465 e. The Morgan fingerprint density at radius 3 is 1.63 bits per heavy atom. The van der Waals surface area contributed by atoms with Gasteiger partial charge in [0.05, 0.1) is 25.0 Å². The summed E-state index contributed by atoms with van der Waals surface area (Å²) in [6.07, 6.45) is 6.16. The lowest BCUT2D eigenvalue weighted by Crippen LogP contribution is -2.32. The topological polar surface area (TPSA) is 52.6 Å². The van der Waals surface area contributed by atoms with Crippen molar-refractivity contribution < 1.29 is 19.1 Å². The van der Waals surface area contributed by atoms with Gasteiger partial charge in [0.1, 0.15) is 0 Å². The predicted octanol–water partition coefficient (Wildman–Crippen LogP) is 3.09. The van der Waals surface area contributed by atoms with E-state index in [1.807, 2.05) is 13.8 Å². The second-order valence-electron chi connectivity index (χ2n) is 5.19. The predicted molar refractivity (Wildman–Crippen MR) is 72.6 cm³/mol. The Labute approximate surface area is 115 Å². The minimum absolute atomic E-state index is 0.220. The molecule has 19 heavy (non-hydrogen) atoms. The van der Waals surface area contributed by atoms with E-state index in [2.05, 4.69) is 0 Å². The minimum Gasteiger partial charge on any atom is -0.465 e. The van der Waals surface area contributed by atoms with Gasteiger partial charge in [-0.25, -0.2) is 0 Å². The number of carbonyl (C=O) groups is 2. The van der Waals surface area contributed by atoms with Crippen molar-refractivity contribution in [1.82, 2.24) is 0 Å². The monoisotopic (exact) mass is 270 g/mol. The molecule has 2 unspecified atom stereocenters. The first-order valence-electron chi connectivity index (χ1n) is 7.54. The van der Waals surface area contributed by atoms with Crippen molar-refractivity contribution in [2.45, 2.75) is 58.8 Å². The summed E-state index contributed by atoms with van der Waals surface area (Å²) in [6.45, 7) is 4.80. The maximum atomic E-state index is 12.1. The third-order valence-corrected chi connectivity index (χ3v) is 3.52. The molecule has 1 rings (SSSR count). The zero-order valence-electron chi connectivity index (χ0n) is 12.2. The van der Waals surface area contributed by atoms with E-state index in [4.69, 9.17) is 9.47 Å². The van der Waals surface area contributed by atoms with E-state index < -0.39 is 0 Å². The molecule has 0 aliphatic heterocycles. The lowest BCUT2D eigenvalue weighted by molar-refractivity contribution is -0.161. The summed E-state index contributed by atoms with van der Waals surface area (Å²) in [5.41, 5.74) is 0. The van der Waals surface area contributed by atoms with E-state index in [0.717, 1.165) is 44.9 Å². The number of ether oxygens (including phenoxy) is 2. The van der Waals surface area contributed by atoms with Crippen molar-refractivity contribution in [3.63, 3.8) is 0 Å². The Kier molecular flexibility index (Phi) is 7.53. The van der Waals surface area contributed by atoms with Crippen molar-refractivity contribution in [1.29, 1.82) is 0 Å². The number of rotatable bonds is 6. The summed E-state index contributed by atoms with van der Waals surface area (Å²) >= 11 is 0. The van der Waals surface area contributed by atoms with Gasteiger partial charge in [-0.15, -0.1) is 0 Å². The summed E-state index contributed by atoms with van der Waals surface area (Å²) in [4.78, 5) is 24.1. The number of esters is 2. The molecule has 4 nitrogen and oxygen atoms in total. The molecule has 0 N–H and O–H groups in total. The molecular formula is C15H26O4. The van der Waals surface area contributed by atoms with Crippen LogP contribution >= 0.6 is 0 Å². The molecular weight excluding hydrogens is 244 g/mol. The molecule has 0 radical (unpaired) electrons. The molecule has 0 aromatic heterocycles. The summed E-state index contributed by atoms with van der Waals surface area (Å²) in [5.74, 6) is -1.05. The molecule has 2 atom stereocenters. The van der Waals surface area contributed by atoms with E-state index in [1.54, 1.807) is 0 Å². The van der Waals surface area contributed by atoms with Crippen LogP contribution in [0.25, 0.3) is 0 Å². The smallest absolute Gasteiger partial charge is 0.309 e. The van der Waals surface area contributed by atoms with E-state index in [1.165, 1.54) is 0 Å². The fraction of sp³-hybridized carbons (Fsp3) is 0.867. The lowest BCUT2D eigenvalue weighted by Gasteiger charge is -2.22. The first kappa shape index (κ1) is 16.0. The van der Waals surface area contributed by atoms with Crippen LogP contribution in [0.1, 0.15) is 58.8 Å². The van der Waals surface area contributed by atoms with Gasteiger partial charge in [0.25, 0.3) is 0 Å². The van der Waals surface area contributed by atoms with Crippen LogP contribution in [0.15, 0.2) is 0 Å². The van der Waals surface area contributed by atoms with Gasteiger partial charge in [-0.05, 0) is 25.7 Å². The Morgan fingerprint density at radius 1 is 0.842 bits per heavy atom.